The molecule has 0 spiro atoms. The Balaban J connectivity index is 2.15. The maximum atomic E-state index is 12.3. The van der Waals surface area contributed by atoms with Gasteiger partial charge >= 0.3 is 5.97 Å². The van der Waals surface area contributed by atoms with Crippen LogP contribution in [0, 0.1) is 6.92 Å². The largest absolute Gasteiger partial charge is 0.457 e. The number of anilines is 1. The number of ether oxygens (including phenoxy) is 1. The van der Waals surface area contributed by atoms with Crippen molar-refractivity contribution in [2.24, 2.45) is 0 Å². The standard InChI is InChI=1S/C15H20N2O3S/c1-3-8-20-15(19)12-9(2)11(13(16)21-12)14(18)17-10-6-4-5-7-10/h3,10H,1,4-8,16H2,2H3,(H,17,18). The molecule has 5 nitrogen and oxygen atoms in total. The molecule has 0 saturated heterocycles. The van der Waals surface area contributed by atoms with Crippen LogP contribution in [0.2, 0.25) is 0 Å². The van der Waals surface area contributed by atoms with Gasteiger partial charge in [0.25, 0.3) is 5.91 Å². The highest BCUT2D eigenvalue weighted by Gasteiger charge is 2.26. The number of carbonyl (C=O) groups excluding carboxylic acids is 2. The molecule has 1 fully saturated rings. The maximum absolute atomic E-state index is 12.3. The number of hydrogen-bond donors (Lipinski definition) is 2. The second-order valence-corrected chi connectivity index (χ2v) is 6.19. The van der Waals surface area contributed by atoms with Gasteiger partial charge < -0.3 is 15.8 Å². The lowest BCUT2D eigenvalue weighted by Gasteiger charge is -2.12. The molecule has 0 atom stereocenters. The Morgan fingerprint density at radius 2 is 2.14 bits per heavy atom. The van der Waals surface area contributed by atoms with E-state index in [9.17, 15) is 9.59 Å². The van der Waals surface area contributed by atoms with Gasteiger partial charge in [-0.2, -0.15) is 0 Å². The zero-order valence-corrected chi connectivity index (χ0v) is 12.9. The highest BCUT2D eigenvalue weighted by atomic mass is 32.1. The third kappa shape index (κ3) is 3.44. The molecule has 1 aromatic heterocycles. The summed E-state index contributed by atoms with van der Waals surface area (Å²) < 4.78 is 5.01. The summed E-state index contributed by atoms with van der Waals surface area (Å²) in [5, 5.41) is 3.35. The Bertz CT molecular complexity index is 560. The maximum Gasteiger partial charge on any atom is 0.348 e. The number of nitrogens with one attached hydrogen (secondary N) is 1. The first-order chi connectivity index (χ1) is 10.0. The Labute approximate surface area is 128 Å². The van der Waals surface area contributed by atoms with Crippen molar-refractivity contribution in [1.82, 2.24) is 5.32 Å². The number of hydrogen-bond acceptors (Lipinski definition) is 5. The Morgan fingerprint density at radius 1 is 1.48 bits per heavy atom. The fourth-order valence-corrected chi connectivity index (χ4v) is 3.51. The summed E-state index contributed by atoms with van der Waals surface area (Å²) >= 11 is 1.09. The van der Waals surface area contributed by atoms with E-state index in [-0.39, 0.29) is 18.6 Å². The van der Waals surface area contributed by atoms with Gasteiger partial charge in [0.05, 0.1) is 10.6 Å². The van der Waals surface area contributed by atoms with Crippen LogP contribution in [0.4, 0.5) is 5.00 Å². The van der Waals surface area contributed by atoms with Crippen LogP contribution in [-0.2, 0) is 4.74 Å². The van der Waals surface area contributed by atoms with E-state index in [0.717, 1.165) is 37.0 Å². The van der Waals surface area contributed by atoms with Crippen molar-refractivity contribution in [1.29, 1.82) is 0 Å². The molecule has 0 aromatic carbocycles. The van der Waals surface area contributed by atoms with Gasteiger partial charge in [-0.15, -0.1) is 11.3 Å². The smallest absolute Gasteiger partial charge is 0.348 e. The minimum absolute atomic E-state index is 0.139. The second kappa shape index (κ2) is 6.76. The lowest BCUT2D eigenvalue weighted by molar-refractivity contribution is 0.0554. The van der Waals surface area contributed by atoms with E-state index in [0.29, 0.717) is 21.0 Å². The quantitative estimate of drug-likeness (QED) is 0.647. The van der Waals surface area contributed by atoms with Crippen LogP contribution in [-0.4, -0.2) is 24.5 Å². The topological polar surface area (TPSA) is 81.4 Å². The van der Waals surface area contributed by atoms with Gasteiger partial charge in [0.2, 0.25) is 0 Å². The van der Waals surface area contributed by atoms with Crippen molar-refractivity contribution in [3.8, 4) is 0 Å². The second-order valence-electron chi connectivity index (χ2n) is 5.14. The zero-order chi connectivity index (χ0) is 15.4. The molecule has 1 saturated carbocycles. The van der Waals surface area contributed by atoms with Crippen molar-refractivity contribution in [3.05, 3.63) is 28.7 Å². The van der Waals surface area contributed by atoms with E-state index in [4.69, 9.17) is 10.5 Å². The Kier molecular flexibility index (Phi) is 5.01. The van der Waals surface area contributed by atoms with Crippen LogP contribution in [0.1, 0.15) is 51.3 Å². The molecule has 0 aliphatic heterocycles. The van der Waals surface area contributed by atoms with Crippen LogP contribution >= 0.6 is 11.3 Å². The van der Waals surface area contributed by atoms with Crippen LogP contribution in [0.3, 0.4) is 0 Å². The predicted molar refractivity (Wildman–Crippen MR) is 83.7 cm³/mol. The number of carbonyl (C=O) groups is 2. The van der Waals surface area contributed by atoms with Crippen molar-refractivity contribution >= 4 is 28.2 Å². The molecule has 1 aliphatic carbocycles. The number of amides is 1. The van der Waals surface area contributed by atoms with Crippen molar-refractivity contribution in [2.45, 2.75) is 38.6 Å². The van der Waals surface area contributed by atoms with Gasteiger partial charge in [-0.05, 0) is 25.3 Å². The minimum Gasteiger partial charge on any atom is -0.457 e. The summed E-state index contributed by atoms with van der Waals surface area (Å²) in [6.45, 7) is 5.36. The molecule has 114 valence electrons. The molecule has 1 heterocycles. The van der Waals surface area contributed by atoms with Gasteiger partial charge in [0.15, 0.2) is 0 Å². The first-order valence-electron chi connectivity index (χ1n) is 7.02. The van der Waals surface area contributed by atoms with Gasteiger partial charge in [-0.3, -0.25) is 4.79 Å². The van der Waals surface area contributed by atoms with Crippen LogP contribution in [0.15, 0.2) is 12.7 Å². The summed E-state index contributed by atoms with van der Waals surface area (Å²) in [7, 11) is 0. The number of nitrogens with two attached hydrogens (primary N) is 1. The first-order valence-corrected chi connectivity index (χ1v) is 7.84. The highest BCUT2D eigenvalue weighted by molar-refractivity contribution is 7.18. The fraction of sp³-hybridized carbons (Fsp3) is 0.467. The predicted octanol–water partition coefficient (Wildman–Crippen LogP) is 2.65. The van der Waals surface area contributed by atoms with Gasteiger partial charge in [-0.1, -0.05) is 25.5 Å². The molecule has 0 unspecified atom stereocenters. The molecule has 1 aliphatic rings. The summed E-state index contributed by atoms with van der Waals surface area (Å²) in [6.07, 6.45) is 5.79. The summed E-state index contributed by atoms with van der Waals surface area (Å²) in [5.74, 6) is -0.667. The van der Waals surface area contributed by atoms with Crippen molar-refractivity contribution < 1.29 is 14.3 Å². The number of rotatable bonds is 5. The van der Waals surface area contributed by atoms with Gasteiger partial charge in [0, 0.05) is 6.04 Å². The fourth-order valence-electron chi connectivity index (χ4n) is 2.54. The molecule has 1 aromatic rings. The normalized spacial score (nSPS) is 14.9. The molecule has 6 heteroatoms. The zero-order valence-electron chi connectivity index (χ0n) is 12.1. The third-order valence-electron chi connectivity index (χ3n) is 3.61. The van der Waals surface area contributed by atoms with E-state index in [1.54, 1.807) is 6.92 Å². The molecule has 0 bridgehead atoms. The lowest BCUT2D eigenvalue weighted by atomic mass is 10.1. The lowest BCUT2D eigenvalue weighted by Crippen LogP contribution is -2.33. The van der Waals surface area contributed by atoms with Crippen LogP contribution < -0.4 is 11.1 Å². The summed E-state index contributed by atoms with van der Waals surface area (Å²) in [5.41, 5.74) is 6.90. The van der Waals surface area contributed by atoms with E-state index >= 15 is 0 Å². The van der Waals surface area contributed by atoms with E-state index < -0.39 is 5.97 Å². The van der Waals surface area contributed by atoms with Gasteiger partial charge in [-0.25, -0.2) is 4.79 Å². The van der Waals surface area contributed by atoms with Crippen molar-refractivity contribution in [3.63, 3.8) is 0 Å². The van der Waals surface area contributed by atoms with Crippen LogP contribution in [0.25, 0.3) is 0 Å². The summed E-state index contributed by atoms with van der Waals surface area (Å²) in [6, 6.07) is 0.215. The van der Waals surface area contributed by atoms with Crippen molar-refractivity contribution in [2.75, 3.05) is 12.3 Å². The molecular weight excluding hydrogens is 288 g/mol. The van der Waals surface area contributed by atoms with E-state index in [1.165, 1.54) is 6.08 Å². The average molecular weight is 308 g/mol. The third-order valence-corrected chi connectivity index (χ3v) is 4.71. The van der Waals surface area contributed by atoms with Gasteiger partial charge in [0.1, 0.15) is 11.5 Å². The molecule has 1 amide bonds. The molecule has 21 heavy (non-hydrogen) atoms. The molecule has 3 N–H and O–H groups in total. The van der Waals surface area contributed by atoms with E-state index in [2.05, 4.69) is 11.9 Å². The first kappa shape index (κ1) is 15.6. The highest BCUT2D eigenvalue weighted by Crippen LogP contribution is 2.31. The summed E-state index contributed by atoms with van der Waals surface area (Å²) in [4.78, 5) is 24.6. The minimum atomic E-state index is -0.469. The average Bonchev–Trinajstić information content (AvgIpc) is 3.04. The van der Waals surface area contributed by atoms with Crippen LogP contribution in [0.5, 0.6) is 0 Å². The SMILES string of the molecule is C=CCOC(=O)c1sc(N)c(C(=O)NC2CCCC2)c1C. The molecule has 0 radical (unpaired) electrons. The Hall–Kier alpha value is -1.82. The number of nitrogen functional groups attached to an aromatic ring is 1. The monoisotopic (exact) mass is 308 g/mol. The molecule has 2 rings (SSSR count). The number of esters is 1. The molecular formula is C15H20N2O3S. The Morgan fingerprint density at radius 3 is 2.76 bits per heavy atom. The number of thiophene rings is 1. The van der Waals surface area contributed by atoms with E-state index in [1.807, 2.05) is 0 Å².